The standard InChI is InChI=1S/C15H13BrN4OS2/c1-20-14(21)13(17-11-5-2-4-10(16)8-11)18-19-15(20)23-9-12-6-3-7-22-12/h2-8H,9H2,1H3,(H,17,18). The molecule has 0 fully saturated rings. The van der Waals surface area contributed by atoms with Crippen LogP contribution in [-0.4, -0.2) is 14.8 Å². The molecule has 0 unspecified atom stereocenters. The molecule has 2 aromatic heterocycles. The summed E-state index contributed by atoms with van der Waals surface area (Å²) in [7, 11) is 1.71. The molecule has 0 aliphatic heterocycles. The molecular formula is C15H13BrN4OS2. The van der Waals surface area contributed by atoms with Gasteiger partial charge in [0.25, 0.3) is 5.56 Å². The quantitative estimate of drug-likeness (QED) is 0.645. The smallest absolute Gasteiger partial charge is 0.297 e. The molecular weight excluding hydrogens is 396 g/mol. The van der Waals surface area contributed by atoms with Crippen LogP contribution in [0.5, 0.6) is 0 Å². The Labute approximate surface area is 149 Å². The van der Waals surface area contributed by atoms with Crippen molar-refractivity contribution in [2.24, 2.45) is 7.05 Å². The van der Waals surface area contributed by atoms with Gasteiger partial charge >= 0.3 is 0 Å². The van der Waals surface area contributed by atoms with Crippen LogP contribution in [0.15, 0.2) is 56.2 Å². The normalized spacial score (nSPS) is 10.7. The number of nitrogens with one attached hydrogen (secondary N) is 1. The lowest BCUT2D eigenvalue weighted by Crippen LogP contribution is -2.24. The molecule has 8 heteroatoms. The molecule has 2 heterocycles. The summed E-state index contributed by atoms with van der Waals surface area (Å²) in [6, 6.07) is 11.6. The van der Waals surface area contributed by atoms with E-state index in [1.807, 2.05) is 35.7 Å². The van der Waals surface area contributed by atoms with Gasteiger partial charge in [0, 0.05) is 27.8 Å². The van der Waals surface area contributed by atoms with Crippen LogP contribution >= 0.6 is 39.0 Å². The molecule has 0 aliphatic rings. The second-order valence-electron chi connectivity index (χ2n) is 4.70. The van der Waals surface area contributed by atoms with E-state index in [4.69, 9.17) is 0 Å². The largest absolute Gasteiger partial charge is 0.334 e. The lowest BCUT2D eigenvalue weighted by atomic mass is 10.3. The molecule has 1 N–H and O–H groups in total. The van der Waals surface area contributed by atoms with Gasteiger partial charge in [0.1, 0.15) is 0 Å². The Balaban J connectivity index is 1.78. The molecule has 0 radical (unpaired) electrons. The maximum absolute atomic E-state index is 12.4. The van der Waals surface area contributed by atoms with Gasteiger partial charge in [-0.15, -0.1) is 21.5 Å². The van der Waals surface area contributed by atoms with E-state index < -0.39 is 0 Å². The number of nitrogens with zero attached hydrogens (tertiary/aromatic N) is 3. The van der Waals surface area contributed by atoms with E-state index in [0.717, 1.165) is 15.9 Å². The van der Waals surface area contributed by atoms with E-state index in [9.17, 15) is 4.79 Å². The molecule has 3 aromatic rings. The summed E-state index contributed by atoms with van der Waals surface area (Å²) in [5.41, 5.74) is 0.582. The second-order valence-corrected chi connectivity index (χ2v) is 7.59. The van der Waals surface area contributed by atoms with Gasteiger partial charge in [0.15, 0.2) is 5.16 Å². The highest BCUT2D eigenvalue weighted by Gasteiger charge is 2.10. The third-order valence-corrected chi connectivity index (χ3v) is 5.66. The molecule has 3 rings (SSSR count). The maximum atomic E-state index is 12.4. The van der Waals surface area contributed by atoms with Gasteiger partial charge in [0.05, 0.1) is 0 Å². The summed E-state index contributed by atoms with van der Waals surface area (Å²) in [5, 5.41) is 13.8. The Morgan fingerprint density at radius 1 is 1.30 bits per heavy atom. The van der Waals surface area contributed by atoms with Gasteiger partial charge in [-0.2, -0.15) is 0 Å². The van der Waals surface area contributed by atoms with Gasteiger partial charge < -0.3 is 5.32 Å². The van der Waals surface area contributed by atoms with Crippen LogP contribution in [0.4, 0.5) is 11.5 Å². The number of halogens is 1. The van der Waals surface area contributed by atoms with Gasteiger partial charge in [-0.1, -0.05) is 39.8 Å². The van der Waals surface area contributed by atoms with Crippen molar-refractivity contribution in [3.05, 3.63) is 61.5 Å². The maximum Gasteiger partial charge on any atom is 0.297 e. The minimum absolute atomic E-state index is 0.200. The third kappa shape index (κ3) is 4.01. The van der Waals surface area contributed by atoms with Crippen LogP contribution in [-0.2, 0) is 12.8 Å². The summed E-state index contributed by atoms with van der Waals surface area (Å²) < 4.78 is 2.45. The Morgan fingerprint density at radius 2 is 2.17 bits per heavy atom. The first-order valence-electron chi connectivity index (χ1n) is 6.75. The van der Waals surface area contributed by atoms with Crippen LogP contribution in [0.2, 0.25) is 0 Å². The summed E-state index contributed by atoms with van der Waals surface area (Å²) in [4.78, 5) is 13.7. The van der Waals surface area contributed by atoms with Crippen LogP contribution in [0, 0.1) is 0 Å². The Kier molecular flexibility index (Phi) is 5.14. The molecule has 5 nitrogen and oxygen atoms in total. The highest BCUT2D eigenvalue weighted by atomic mass is 79.9. The van der Waals surface area contributed by atoms with Crippen molar-refractivity contribution in [1.29, 1.82) is 0 Å². The zero-order chi connectivity index (χ0) is 16.2. The highest BCUT2D eigenvalue weighted by Crippen LogP contribution is 2.23. The van der Waals surface area contributed by atoms with Crippen molar-refractivity contribution in [2.45, 2.75) is 10.9 Å². The van der Waals surface area contributed by atoms with Crippen LogP contribution < -0.4 is 10.9 Å². The fourth-order valence-electron chi connectivity index (χ4n) is 1.89. The predicted octanol–water partition coefficient (Wildman–Crippen LogP) is 4.04. The number of thioether (sulfide) groups is 1. The van der Waals surface area contributed by atoms with Crippen molar-refractivity contribution >= 4 is 50.5 Å². The molecule has 1 aromatic carbocycles. The van der Waals surface area contributed by atoms with E-state index in [1.54, 1.807) is 18.4 Å². The minimum atomic E-state index is -0.200. The molecule has 0 bridgehead atoms. The molecule has 0 amide bonds. The van der Waals surface area contributed by atoms with E-state index in [0.29, 0.717) is 5.16 Å². The van der Waals surface area contributed by atoms with Crippen molar-refractivity contribution in [3.63, 3.8) is 0 Å². The Morgan fingerprint density at radius 3 is 2.91 bits per heavy atom. The van der Waals surface area contributed by atoms with Crippen LogP contribution in [0.3, 0.4) is 0 Å². The fourth-order valence-corrected chi connectivity index (χ4v) is 3.97. The monoisotopic (exact) mass is 408 g/mol. The number of anilines is 2. The number of thiophene rings is 1. The van der Waals surface area contributed by atoms with Gasteiger partial charge in [0.2, 0.25) is 5.82 Å². The number of benzene rings is 1. The highest BCUT2D eigenvalue weighted by molar-refractivity contribution is 9.10. The first kappa shape index (κ1) is 16.2. The molecule has 0 saturated heterocycles. The first-order valence-corrected chi connectivity index (χ1v) is 9.41. The van der Waals surface area contributed by atoms with Crippen molar-refractivity contribution in [2.75, 3.05) is 5.32 Å². The van der Waals surface area contributed by atoms with Crippen molar-refractivity contribution in [1.82, 2.24) is 14.8 Å². The molecule has 0 saturated carbocycles. The molecule has 0 spiro atoms. The molecule has 0 aliphatic carbocycles. The van der Waals surface area contributed by atoms with Gasteiger partial charge in [-0.25, -0.2) is 0 Å². The Hall–Kier alpha value is -1.64. The van der Waals surface area contributed by atoms with Crippen LogP contribution in [0.1, 0.15) is 4.88 Å². The number of rotatable bonds is 5. The zero-order valence-electron chi connectivity index (χ0n) is 12.2. The minimum Gasteiger partial charge on any atom is -0.334 e. The Bertz CT molecular complexity index is 864. The van der Waals surface area contributed by atoms with E-state index in [2.05, 4.69) is 37.5 Å². The third-order valence-electron chi connectivity index (χ3n) is 3.04. The van der Waals surface area contributed by atoms with E-state index in [1.165, 1.54) is 21.2 Å². The summed E-state index contributed by atoms with van der Waals surface area (Å²) in [5.74, 6) is 0.990. The zero-order valence-corrected chi connectivity index (χ0v) is 15.4. The summed E-state index contributed by atoms with van der Waals surface area (Å²) >= 11 is 6.58. The SMILES string of the molecule is Cn1c(SCc2cccs2)nnc(Nc2cccc(Br)c2)c1=O. The van der Waals surface area contributed by atoms with Crippen molar-refractivity contribution < 1.29 is 0 Å². The van der Waals surface area contributed by atoms with E-state index in [-0.39, 0.29) is 11.4 Å². The topological polar surface area (TPSA) is 59.8 Å². The molecule has 118 valence electrons. The first-order chi connectivity index (χ1) is 11.1. The van der Waals surface area contributed by atoms with Gasteiger partial charge in [-0.05, 0) is 29.6 Å². The lowest BCUT2D eigenvalue weighted by Gasteiger charge is -2.09. The lowest BCUT2D eigenvalue weighted by molar-refractivity contribution is 0.667. The average molecular weight is 409 g/mol. The van der Waals surface area contributed by atoms with E-state index >= 15 is 0 Å². The number of aromatic nitrogens is 3. The van der Waals surface area contributed by atoms with Crippen LogP contribution in [0.25, 0.3) is 0 Å². The average Bonchev–Trinajstić information content (AvgIpc) is 3.05. The second kappa shape index (κ2) is 7.29. The molecule has 23 heavy (non-hydrogen) atoms. The number of hydrogen-bond donors (Lipinski definition) is 1. The molecule has 0 atom stereocenters. The predicted molar refractivity (Wildman–Crippen MR) is 98.6 cm³/mol. The summed E-state index contributed by atoms with van der Waals surface area (Å²) in [6.45, 7) is 0. The van der Waals surface area contributed by atoms with Gasteiger partial charge in [-0.3, -0.25) is 9.36 Å². The summed E-state index contributed by atoms with van der Waals surface area (Å²) in [6.07, 6.45) is 0. The number of hydrogen-bond acceptors (Lipinski definition) is 6. The fraction of sp³-hybridized carbons (Fsp3) is 0.133. The van der Waals surface area contributed by atoms with Crippen molar-refractivity contribution in [3.8, 4) is 0 Å².